The number of anilines is 1. The maximum Gasteiger partial charge on any atom is 0.410 e. The second-order valence-corrected chi connectivity index (χ2v) is 9.19. The van der Waals surface area contributed by atoms with E-state index in [1.165, 1.54) is 12.3 Å². The lowest BCUT2D eigenvalue weighted by atomic mass is 10.0. The van der Waals surface area contributed by atoms with Crippen molar-refractivity contribution in [1.29, 1.82) is 0 Å². The van der Waals surface area contributed by atoms with Crippen LogP contribution in [0.2, 0.25) is 0 Å². The third kappa shape index (κ3) is 3.60. The Morgan fingerprint density at radius 3 is 2.74 bits per heavy atom. The minimum atomic E-state index is -0.502. The zero-order valence-corrected chi connectivity index (χ0v) is 17.9. The van der Waals surface area contributed by atoms with E-state index in [4.69, 9.17) is 9.15 Å². The van der Waals surface area contributed by atoms with Crippen LogP contribution in [0.3, 0.4) is 0 Å². The molecule has 0 atom stereocenters. The Labute approximate surface area is 179 Å². The molecule has 1 aliphatic carbocycles. The Bertz CT molecular complexity index is 1160. The van der Waals surface area contributed by atoms with E-state index in [0.717, 1.165) is 47.5 Å². The fraction of sp³-hybridized carbons (Fsp3) is 0.435. The van der Waals surface area contributed by atoms with Gasteiger partial charge in [-0.2, -0.15) is 0 Å². The van der Waals surface area contributed by atoms with Gasteiger partial charge in [0, 0.05) is 24.2 Å². The molecule has 3 heterocycles. The van der Waals surface area contributed by atoms with Crippen LogP contribution in [0, 0.1) is 5.82 Å². The Morgan fingerprint density at radius 2 is 1.97 bits per heavy atom. The first kappa shape index (κ1) is 19.8. The summed E-state index contributed by atoms with van der Waals surface area (Å²) in [5, 5.41) is 12.8. The maximum absolute atomic E-state index is 14.1. The van der Waals surface area contributed by atoms with Gasteiger partial charge in [-0.05, 0) is 63.8 Å². The van der Waals surface area contributed by atoms with Gasteiger partial charge in [-0.1, -0.05) is 0 Å². The first-order chi connectivity index (χ1) is 14.8. The van der Waals surface area contributed by atoms with Gasteiger partial charge >= 0.3 is 6.09 Å². The van der Waals surface area contributed by atoms with Crippen LogP contribution in [0.15, 0.2) is 28.9 Å². The van der Waals surface area contributed by atoms with Gasteiger partial charge in [0.15, 0.2) is 5.82 Å². The summed E-state index contributed by atoms with van der Waals surface area (Å²) in [4.78, 5) is 13.8. The molecule has 8 heteroatoms. The summed E-state index contributed by atoms with van der Waals surface area (Å²) in [7, 11) is 0. The van der Waals surface area contributed by atoms with Crippen LogP contribution in [0.5, 0.6) is 0 Å². The molecule has 31 heavy (non-hydrogen) atoms. The zero-order valence-electron chi connectivity index (χ0n) is 17.9. The number of fused-ring (bicyclic) bond motifs is 2. The van der Waals surface area contributed by atoms with Crippen LogP contribution >= 0.6 is 0 Å². The average molecular weight is 424 g/mol. The Hall–Kier alpha value is -3.16. The summed E-state index contributed by atoms with van der Waals surface area (Å²) < 4.78 is 25.1. The van der Waals surface area contributed by atoms with Crippen molar-refractivity contribution in [3.8, 4) is 11.3 Å². The van der Waals surface area contributed by atoms with E-state index in [-0.39, 0.29) is 18.0 Å². The molecule has 2 aromatic heterocycles. The smallest absolute Gasteiger partial charge is 0.410 e. The summed E-state index contributed by atoms with van der Waals surface area (Å²) >= 11 is 0. The van der Waals surface area contributed by atoms with Crippen LogP contribution < -0.4 is 5.32 Å². The van der Waals surface area contributed by atoms with E-state index >= 15 is 0 Å². The second-order valence-electron chi connectivity index (χ2n) is 9.19. The van der Waals surface area contributed by atoms with Gasteiger partial charge in [-0.15, -0.1) is 10.2 Å². The van der Waals surface area contributed by atoms with Gasteiger partial charge < -0.3 is 19.4 Å². The molecule has 1 fully saturated rings. The summed E-state index contributed by atoms with van der Waals surface area (Å²) in [5.41, 5.74) is 3.78. The summed E-state index contributed by atoms with van der Waals surface area (Å²) in [5.74, 6) is 0.456. The number of hydrogen-bond donors (Lipinski definition) is 1. The van der Waals surface area contributed by atoms with Crippen LogP contribution in [-0.4, -0.2) is 45.9 Å². The summed E-state index contributed by atoms with van der Waals surface area (Å²) in [6, 6.07) is 4.90. The van der Waals surface area contributed by atoms with Crippen molar-refractivity contribution in [2.75, 3.05) is 18.4 Å². The number of carbonyl (C=O) groups is 1. The number of furan rings is 1. The van der Waals surface area contributed by atoms with Gasteiger partial charge in [0.2, 0.25) is 0 Å². The number of nitrogens with zero attached hydrogens (tertiary/aromatic N) is 3. The molecule has 0 unspecified atom stereocenters. The molecule has 1 aliphatic heterocycles. The molecular weight excluding hydrogens is 399 g/mol. The predicted octanol–water partition coefficient (Wildman–Crippen LogP) is 4.55. The van der Waals surface area contributed by atoms with Crippen molar-refractivity contribution in [3.63, 3.8) is 0 Å². The van der Waals surface area contributed by atoms with Crippen molar-refractivity contribution >= 4 is 22.9 Å². The Balaban J connectivity index is 1.36. The van der Waals surface area contributed by atoms with Gasteiger partial charge in [-0.3, -0.25) is 0 Å². The first-order valence-electron chi connectivity index (χ1n) is 10.6. The molecule has 1 amide bonds. The average Bonchev–Trinajstić information content (AvgIpc) is 3.33. The van der Waals surface area contributed by atoms with E-state index in [0.29, 0.717) is 24.1 Å². The number of halogens is 1. The zero-order chi connectivity index (χ0) is 21.8. The topological polar surface area (TPSA) is 80.5 Å². The molecule has 162 valence electrons. The largest absolute Gasteiger partial charge is 0.464 e. The number of ether oxygens (including phenoxy) is 1. The maximum atomic E-state index is 14.1. The van der Waals surface area contributed by atoms with Crippen molar-refractivity contribution in [3.05, 3.63) is 41.4 Å². The van der Waals surface area contributed by atoms with Gasteiger partial charge in [0.25, 0.3) is 0 Å². The van der Waals surface area contributed by atoms with Gasteiger partial charge in [0.1, 0.15) is 22.7 Å². The number of nitrogens with one attached hydrogen (secondary N) is 1. The fourth-order valence-corrected chi connectivity index (χ4v) is 4.27. The highest BCUT2D eigenvalue weighted by Crippen LogP contribution is 2.38. The van der Waals surface area contributed by atoms with Crippen LogP contribution in [0.4, 0.5) is 15.0 Å². The minimum absolute atomic E-state index is 0.111. The van der Waals surface area contributed by atoms with E-state index < -0.39 is 5.60 Å². The standard InChI is InChI=1S/C23H25FN4O3/c1-23(2,3)31-22(29)28-11-13(12-28)25-21-15-6-4-5-14(15)19(26-27-21)17-7-8-18(24)16-9-10-30-20(16)17/h7-10,13H,4-6,11-12H2,1-3H3,(H,25,27). The van der Waals surface area contributed by atoms with Gasteiger partial charge in [-0.25, -0.2) is 9.18 Å². The lowest BCUT2D eigenvalue weighted by Crippen LogP contribution is -2.58. The fourth-order valence-electron chi connectivity index (χ4n) is 4.27. The first-order valence-corrected chi connectivity index (χ1v) is 10.6. The lowest BCUT2D eigenvalue weighted by molar-refractivity contribution is 0.0104. The molecule has 1 saturated heterocycles. The normalized spacial score (nSPS) is 16.3. The van der Waals surface area contributed by atoms with Crippen molar-refractivity contribution in [2.24, 2.45) is 0 Å². The molecule has 3 aromatic rings. The van der Waals surface area contributed by atoms with Crippen LogP contribution in [0.25, 0.3) is 22.2 Å². The monoisotopic (exact) mass is 424 g/mol. The van der Waals surface area contributed by atoms with Crippen LogP contribution in [0.1, 0.15) is 38.3 Å². The molecule has 0 saturated carbocycles. The molecule has 2 aliphatic rings. The number of rotatable bonds is 3. The van der Waals surface area contributed by atoms with Crippen LogP contribution in [-0.2, 0) is 17.6 Å². The Kier molecular flexibility index (Phi) is 4.60. The minimum Gasteiger partial charge on any atom is -0.464 e. The van der Waals surface area contributed by atoms with Crippen molar-refractivity contribution < 1.29 is 18.3 Å². The molecule has 1 aromatic carbocycles. The van der Waals surface area contributed by atoms with Crippen molar-refractivity contribution in [1.82, 2.24) is 15.1 Å². The van der Waals surface area contributed by atoms with E-state index in [1.807, 2.05) is 20.8 Å². The molecule has 0 spiro atoms. The van der Waals surface area contributed by atoms with E-state index in [2.05, 4.69) is 15.5 Å². The number of carbonyl (C=O) groups excluding carboxylic acids is 1. The molecule has 5 rings (SSSR count). The van der Waals surface area contributed by atoms with E-state index in [1.54, 1.807) is 17.0 Å². The summed E-state index contributed by atoms with van der Waals surface area (Å²) in [6.45, 7) is 6.71. The summed E-state index contributed by atoms with van der Waals surface area (Å²) in [6.07, 6.45) is 4.01. The molecule has 0 radical (unpaired) electrons. The number of benzene rings is 1. The third-order valence-corrected chi connectivity index (χ3v) is 5.73. The molecule has 7 nitrogen and oxygen atoms in total. The third-order valence-electron chi connectivity index (χ3n) is 5.73. The highest BCUT2D eigenvalue weighted by molar-refractivity contribution is 5.93. The molecular formula is C23H25FN4O3. The second kappa shape index (κ2) is 7.21. The Morgan fingerprint density at radius 1 is 1.19 bits per heavy atom. The number of aromatic nitrogens is 2. The van der Waals surface area contributed by atoms with Crippen molar-refractivity contribution in [2.45, 2.75) is 51.7 Å². The highest BCUT2D eigenvalue weighted by Gasteiger charge is 2.35. The number of hydrogen-bond acceptors (Lipinski definition) is 6. The number of likely N-dealkylation sites (tertiary alicyclic amines) is 1. The highest BCUT2D eigenvalue weighted by atomic mass is 19.1. The van der Waals surface area contributed by atoms with E-state index in [9.17, 15) is 9.18 Å². The quantitative estimate of drug-likeness (QED) is 0.665. The van der Waals surface area contributed by atoms with Gasteiger partial charge in [0.05, 0.1) is 17.7 Å². The molecule has 1 N–H and O–H groups in total. The molecule has 0 bridgehead atoms. The SMILES string of the molecule is CC(C)(C)OC(=O)N1CC(Nc2nnc(-c3ccc(F)c4ccoc34)c3c2CCC3)C1. The lowest BCUT2D eigenvalue weighted by Gasteiger charge is -2.40. The number of amides is 1. The predicted molar refractivity (Wildman–Crippen MR) is 114 cm³/mol.